The van der Waals surface area contributed by atoms with Gasteiger partial charge in [-0.25, -0.2) is 0 Å². The maximum absolute atomic E-state index is 5.64. The summed E-state index contributed by atoms with van der Waals surface area (Å²) in [4.78, 5) is 3.96. The van der Waals surface area contributed by atoms with E-state index in [0.717, 1.165) is 23.7 Å². The number of ether oxygens (including phenoxy) is 1. The number of allylic oxidation sites excluding steroid dienone is 1. The molecule has 0 fully saturated rings. The fourth-order valence-electron chi connectivity index (χ4n) is 2.05. The van der Waals surface area contributed by atoms with Gasteiger partial charge in [-0.3, -0.25) is 4.98 Å². The molecular weight excluding hydrogens is 640 g/mol. The first-order valence-electron chi connectivity index (χ1n) is 12.3. The minimum absolute atomic E-state index is 0. The third-order valence-electron chi connectivity index (χ3n) is 3.99. The van der Waals surface area contributed by atoms with Crippen LogP contribution in [-0.4, -0.2) is 38.2 Å². The van der Waals surface area contributed by atoms with Gasteiger partial charge in [-0.2, -0.15) is 11.8 Å². The molecule has 2 aromatic carbocycles. The van der Waals surface area contributed by atoms with Crippen molar-refractivity contribution in [1.82, 2.24) is 10.3 Å². The van der Waals surface area contributed by atoms with Gasteiger partial charge in [0.25, 0.3) is 0 Å². The van der Waals surface area contributed by atoms with Crippen molar-refractivity contribution >= 4 is 29.4 Å². The summed E-state index contributed by atoms with van der Waals surface area (Å²) in [6.07, 6.45) is 11.9. The zero-order valence-electron chi connectivity index (χ0n) is 24.3. The number of thioether (sulfide) groups is 1. The molecule has 0 saturated carbocycles. The van der Waals surface area contributed by atoms with Crippen LogP contribution in [0, 0.1) is 6.92 Å². The van der Waals surface area contributed by atoms with Crippen LogP contribution in [0.3, 0.4) is 0 Å². The molecule has 0 atom stereocenters. The zero-order valence-corrected chi connectivity index (χ0v) is 25.8. The molecule has 0 radical (unpaired) electrons. The Morgan fingerprint density at radius 3 is 1.45 bits per heavy atom. The van der Waals surface area contributed by atoms with Gasteiger partial charge in [0.15, 0.2) is 0 Å². The van der Waals surface area contributed by atoms with Gasteiger partial charge in [-0.15, -0.1) is 0 Å². The van der Waals surface area contributed by atoms with Gasteiger partial charge in [0, 0.05) is 17.4 Å². The van der Waals surface area contributed by atoms with Crippen LogP contribution >= 0.6 is 23.4 Å². The van der Waals surface area contributed by atoms with E-state index in [4.69, 9.17) is 11.6 Å². The summed E-state index contributed by atoms with van der Waals surface area (Å²) < 4.78 is 4.56. The van der Waals surface area contributed by atoms with Crippen molar-refractivity contribution in [2.24, 2.45) is 0 Å². The predicted octanol–water partition coefficient (Wildman–Crippen LogP) is 17.0. The largest absolute Gasteiger partial charge is 0.502 e. The van der Waals surface area contributed by atoms with Crippen molar-refractivity contribution in [3.05, 3.63) is 120 Å². The zero-order chi connectivity index (χ0) is 28.7. The Hall–Kier alpha value is -2.53. The smallest absolute Gasteiger partial charge is 0.0853 e. The van der Waals surface area contributed by atoms with E-state index in [0.29, 0.717) is 0 Å². The molecular formula is C44H97ClN2OS. The third-order valence-corrected chi connectivity index (χ3v) is 4.23. The SMILES string of the molecule is C.C.C.C.C.C.C.C.C.C.C.C.C=C(C)OC.C=Cc1ccccc1.CCCNC.CCc1cccnc1.CSC.Cc1cccc(Cl)c1. The molecule has 0 unspecified atom stereocenters. The number of nitrogens with one attached hydrogen (secondary N) is 1. The van der Waals surface area contributed by atoms with E-state index in [9.17, 15) is 0 Å². The Labute approximate surface area is 325 Å². The van der Waals surface area contributed by atoms with Crippen LogP contribution < -0.4 is 5.32 Å². The second kappa shape index (κ2) is 80.3. The number of methoxy groups -OCH3 is 1. The summed E-state index contributed by atoms with van der Waals surface area (Å²) in [7, 11) is 3.56. The van der Waals surface area contributed by atoms with Gasteiger partial charge in [-0.05, 0) is 87.7 Å². The molecule has 0 amide bonds. The molecule has 0 aliphatic heterocycles. The lowest BCUT2D eigenvalue weighted by atomic mass is 10.2. The topological polar surface area (TPSA) is 34.1 Å². The first-order chi connectivity index (χ1) is 17.7. The van der Waals surface area contributed by atoms with Gasteiger partial charge in [0.1, 0.15) is 0 Å². The first kappa shape index (κ1) is 97.0. The second-order valence-electron chi connectivity index (χ2n) is 7.55. The fourth-order valence-corrected chi connectivity index (χ4v) is 2.30. The Balaban J connectivity index is -0.0000000212. The van der Waals surface area contributed by atoms with Crippen molar-refractivity contribution in [1.29, 1.82) is 0 Å². The van der Waals surface area contributed by atoms with Gasteiger partial charge in [-0.1, -0.05) is 182 Å². The summed E-state index contributed by atoms with van der Waals surface area (Å²) in [5.74, 6) is 0.755. The standard InChI is InChI=1S/C8H8.C7H7Cl.C7H9N.C4H11N.C4H8O.C2H6S.12CH4/c1-2-8-6-4-3-5-7-8;1-6-3-2-4-7(8)5-6;1-2-7-4-3-5-8-6-7;1-3-4-5-2;1-4(2)5-3;1-3-2;;;;;;;;;;;;/h2-7H,1H2;2-5H,1H3;3-6H,2H2,1H3;5H,3-4H2,1-2H3;1H2,2-3H3;1-2H3;12*1H4. The summed E-state index contributed by atoms with van der Waals surface area (Å²) >= 11 is 7.39. The summed E-state index contributed by atoms with van der Waals surface area (Å²) in [6, 6.07) is 21.8. The van der Waals surface area contributed by atoms with Crippen LogP contribution in [0.1, 0.15) is 133 Å². The Morgan fingerprint density at radius 2 is 1.27 bits per heavy atom. The van der Waals surface area contributed by atoms with Crippen LogP contribution in [0.2, 0.25) is 5.02 Å². The highest BCUT2D eigenvalue weighted by Gasteiger charge is 1.83. The molecule has 1 aromatic heterocycles. The van der Waals surface area contributed by atoms with E-state index in [1.807, 2.05) is 99.4 Å². The van der Waals surface area contributed by atoms with Crippen molar-refractivity contribution in [2.75, 3.05) is 33.2 Å². The van der Waals surface area contributed by atoms with Crippen molar-refractivity contribution in [3.8, 4) is 0 Å². The highest BCUT2D eigenvalue weighted by molar-refractivity contribution is 7.97. The quantitative estimate of drug-likeness (QED) is 0.264. The molecule has 0 spiro atoms. The number of aromatic nitrogens is 1. The molecule has 0 aliphatic carbocycles. The maximum Gasteiger partial charge on any atom is 0.0853 e. The van der Waals surface area contributed by atoms with Crippen LogP contribution in [0.15, 0.2) is 98.0 Å². The van der Waals surface area contributed by atoms with Crippen LogP contribution in [0.4, 0.5) is 0 Å². The number of aryl methyl sites for hydroxylation is 2. The number of hydrogen-bond donors (Lipinski definition) is 1. The Bertz CT molecular complexity index is 857. The van der Waals surface area contributed by atoms with E-state index < -0.39 is 0 Å². The monoisotopic (exact) mass is 737 g/mol. The lowest BCUT2D eigenvalue weighted by Gasteiger charge is -1.88. The summed E-state index contributed by atoms with van der Waals surface area (Å²) in [5.41, 5.74) is 3.68. The van der Waals surface area contributed by atoms with E-state index >= 15 is 0 Å². The number of halogens is 1. The summed E-state index contributed by atoms with van der Waals surface area (Å²) in [5, 5.41) is 3.83. The molecule has 3 nitrogen and oxygen atoms in total. The van der Waals surface area contributed by atoms with Crippen molar-refractivity contribution < 1.29 is 4.74 Å². The highest BCUT2D eigenvalue weighted by atomic mass is 35.5. The molecule has 3 aromatic rings. The molecule has 0 bridgehead atoms. The number of pyridine rings is 1. The Kier molecular flexibility index (Phi) is 159. The van der Waals surface area contributed by atoms with E-state index in [1.54, 1.807) is 32.0 Å². The minimum Gasteiger partial charge on any atom is -0.502 e. The average Bonchev–Trinajstić information content (AvgIpc) is 2.92. The van der Waals surface area contributed by atoms with Gasteiger partial charge >= 0.3 is 0 Å². The fraction of sp³-hybridized carbons (Fsp3) is 0.523. The molecule has 0 saturated heterocycles. The number of nitrogens with zero attached hydrogens (tertiary/aromatic N) is 1. The first-order valence-corrected chi connectivity index (χ1v) is 14.3. The number of hydrogen-bond acceptors (Lipinski definition) is 4. The lowest BCUT2D eigenvalue weighted by Crippen LogP contribution is -2.04. The normalized spacial score (nSPS) is 6.31. The van der Waals surface area contributed by atoms with Crippen LogP contribution in [0.25, 0.3) is 6.08 Å². The average molecular weight is 738 g/mol. The minimum atomic E-state index is 0. The lowest BCUT2D eigenvalue weighted by molar-refractivity contribution is 0.295. The molecule has 1 N–H and O–H groups in total. The molecule has 49 heavy (non-hydrogen) atoms. The molecule has 0 aliphatic rings. The number of benzene rings is 2. The van der Waals surface area contributed by atoms with E-state index in [1.165, 1.54) is 23.1 Å². The van der Waals surface area contributed by atoms with Crippen molar-refractivity contribution in [2.45, 2.75) is 130 Å². The van der Waals surface area contributed by atoms with Gasteiger partial charge < -0.3 is 10.1 Å². The van der Waals surface area contributed by atoms with E-state index in [2.05, 4.69) is 48.1 Å². The van der Waals surface area contributed by atoms with Crippen molar-refractivity contribution in [3.63, 3.8) is 0 Å². The second-order valence-corrected chi connectivity index (χ2v) is 8.80. The maximum atomic E-state index is 5.64. The molecule has 3 rings (SSSR count). The van der Waals surface area contributed by atoms with Gasteiger partial charge in [0.05, 0.1) is 12.9 Å². The van der Waals surface area contributed by atoms with E-state index in [-0.39, 0.29) is 89.1 Å². The third kappa shape index (κ3) is 86.8. The van der Waals surface area contributed by atoms with Crippen LogP contribution in [-0.2, 0) is 11.2 Å². The molecule has 302 valence electrons. The predicted molar refractivity (Wildman–Crippen MR) is 253 cm³/mol. The highest BCUT2D eigenvalue weighted by Crippen LogP contribution is 2.08. The number of rotatable bonds is 5. The molecule has 5 heteroatoms. The molecule has 1 heterocycles. The Morgan fingerprint density at radius 1 is 0.816 bits per heavy atom. The summed E-state index contributed by atoms with van der Waals surface area (Å²) in [6.45, 7) is 16.3. The van der Waals surface area contributed by atoms with Crippen LogP contribution in [0.5, 0.6) is 0 Å². The van der Waals surface area contributed by atoms with Gasteiger partial charge in [0.2, 0.25) is 0 Å².